The van der Waals surface area contributed by atoms with Gasteiger partial charge in [-0.2, -0.15) is 0 Å². The minimum absolute atomic E-state index is 0.752. The van der Waals surface area contributed by atoms with Crippen LogP contribution in [0.25, 0.3) is 0 Å². The van der Waals surface area contributed by atoms with Gasteiger partial charge in [-0.15, -0.1) is 11.6 Å². The van der Waals surface area contributed by atoms with Gasteiger partial charge >= 0.3 is 0 Å². The zero-order chi connectivity index (χ0) is 5.70. The normalized spacial score (nSPS) is 8.86. The molecule has 0 rings (SSSR count). The van der Waals surface area contributed by atoms with Crippen LogP contribution < -0.4 is 0 Å². The quantitative estimate of drug-likeness (QED) is 0.516. The molecule has 0 fully saturated rings. The Hall–Kier alpha value is 0.760. The van der Waals surface area contributed by atoms with Gasteiger partial charge in [-0.25, -0.2) is 0 Å². The molecule has 0 saturated carbocycles. The molecule has 0 amide bonds. The van der Waals surface area contributed by atoms with E-state index in [1.807, 2.05) is 0 Å². The SMILES string of the molecule is C=C(I)CCCCl. The lowest BCUT2D eigenvalue weighted by Crippen LogP contribution is -1.72. The molecule has 7 heavy (non-hydrogen) atoms. The molecule has 0 aromatic heterocycles. The van der Waals surface area contributed by atoms with Crippen molar-refractivity contribution in [3.05, 3.63) is 10.2 Å². The van der Waals surface area contributed by atoms with Crippen LogP contribution in [0, 0.1) is 0 Å². The first-order chi connectivity index (χ1) is 3.27. The number of hydrogen-bond acceptors (Lipinski definition) is 0. The third-order valence-electron chi connectivity index (χ3n) is 0.582. The highest BCUT2D eigenvalue weighted by Crippen LogP contribution is 2.09. The van der Waals surface area contributed by atoms with Gasteiger partial charge < -0.3 is 0 Å². The molecule has 0 bridgehead atoms. The zero-order valence-electron chi connectivity index (χ0n) is 4.08. The fraction of sp³-hybridized carbons (Fsp3) is 0.600. The number of rotatable bonds is 3. The van der Waals surface area contributed by atoms with Crippen LogP contribution in [0.4, 0.5) is 0 Å². The van der Waals surface area contributed by atoms with Gasteiger partial charge in [0, 0.05) is 5.88 Å². The Morgan fingerprint density at radius 3 is 2.43 bits per heavy atom. The average Bonchev–Trinajstić information content (AvgIpc) is 1.61. The fourth-order valence-corrected chi connectivity index (χ4v) is 0.774. The van der Waals surface area contributed by atoms with Crippen LogP contribution in [-0.2, 0) is 0 Å². The maximum Gasteiger partial charge on any atom is 0.0226 e. The van der Waals surface area contributed by atoms with Crippen molar-refractivity contribution < 1.29 is 0 Å². The smallest absolute Gasteiger partial charge is 0.0226 e. The van der Waals surface area contributed by atoms with E-state index in [1.165, 1.54) is 3.58 Å². The molecule has 0 N–H and O–H groups in total. The Labute approximate surface area is 63.1 Å². The maximum atomic E-state index is 5.40. The second kappa shape index (κ2) is 4.91. The number of allylic oxidation sites excluding steroid dienone is 1. The summed E-state index contributed by atoms with van der Waals surface area (Å²) in [4.78, 5) is 0. The Balaban J connectivity index is 2.82. The summed E-state index contributed by atoms with van der Waals surface area (Å²) >= 11 is 7.61. The van der Waals surface area contributed by atoms with Crippen LogP contribution in [0.15, 0.2) is 10.2 Å². The minimum Gasteiger partial charge on any atom is -0.127 e. The number of halogens is 2. The summed E-state index contributed by atoms with van der Waals surface area (Å²) < 4.78 is 1.19. The molecule has 0 aliphatic heterocycles. The summed E-state index contributed by atoms with van der Waals surface area (Å²) in [7, 11) is 0. The van der Waals surface area contributed by atoms with Crippen molar-refractivity contribution >= 4 is 34.2 Å². The van der Waals surface area contributed by atoms with Crippen molar-refractivity contribution in [2.24, 2.45) is 0 Å². The molecule has 0 aliphatic carbocycles. The van der Waals surface area contributed by atoms with Gasteiger partial charge in [-0.05, 0) is 39.0 Å². The second-order valence-corrected chi connectivity index (χ2v) is 3.21. The van der Waals surface area contributed by atoms with Crippen molar-refractivity contribution in [1.82, 2.24) is 0 Å². The molecule has 0 nitrogen and oxygen atoms in total. The summed E-state index contributed by atoms with van der Waals surface area (Å²) in [6, 6.07) is 0. The molecule has 0 spiro atoms. The lowest BCUT2D eigenvalue weighted by molar-refractivity contribution is 0.964. The van der Waals surface area contributed by atoms with Crippen molar-refractivity contribution in [1.29, 1.82) is 0 Å². The molecule has 0 atom stereocenters. The van der Waals surface area contributed by atoms with E-state index in [1.54, 1.807) is 0 Å². The highest BCUT2D eigenvalue weighted by molar-refractivity contribution is 14.1. The van der Waals surface area contributed by atoms with E-state index in [9.17, 15) is 0 Å². The molecular weight excluding hydrogens is 222 g/mol. The van der Waals surface area contributed by atoms with E-state index in [0.717, 1.165) is 18.7 Å². The van der Waals surface area contributed by atoms with Gasteiger partial charge in [0.2, 0.25) is 0 Å². The Morgan fingerprint density at radius 1 is 1.71 bits per heavy atom. The first-order valence-corrected chi connectivity index (χ1v) is 3.78. The lowest BCUT2D eigenvalue weighted by Gasteiger charge is -1.88. The van der Waals surface area contributed by atoms with E-state index < -0.39 is 0 Å². The van der Waals surface area contributed by atoms with Gasteiger partial charge in [-0.3, -0.25) is 0 Å². The van der Waals surface area contributed by atoms with Crippen molar-refractivity contribution in [3.8, 4) is 0 Å². The fourth-order valence-electron chi connectivity index (χ4n) is 0.259. The van der Waals surface area contributed by atoms with Crippen LogP contribution in [-0.4, -0.2) is 5.88 Å². The summed E-state index contributed by atoms with van der Waals surface area (Å²) in [6.07, 6.45) is 2.12. The van der Waals surface area contributed by atoms with Crippen molar-refractivity contribution in [2.45, 2.75) is 12.8 Å². The number of hydrogen-bond donors (Lipinski definition) is 0. The Bertz CT molecular complexity index is 61.1. The molecular formula is C5H8ClI. The molecule has 42 valence electrons. The number of alkyl halides is 1. The van der Waals surface area contributed by atoms with Gasteiger partial charge in [0.1, 0.15) is 0 Å². The van der Waals surface area contributed by atoms with Gasteiger partial charge in [0.15, 0.2) is 0 Å². The molecule has 0 aliphatic rings. The minimum atomic E-state index is 0.752. The largest absolute Gasteiger partial charge is 0.127 e. The third-order valence-corrected chi connectivity index (χ3v) is 1.39. The highest BCUT2D eigenvalue weighted by Gasteiger charge is 1.84. The third kappa shape index (κ3) is 6.76. The molecule has 0 unspecified atom stereocenters. The summed E-state index contributed by atoms with van der Waals surface area (Å²) in [5.41, 5.74) is 0. The van der Waals surface area contributed by atoms with Gasteiger partial charge in [0.05, 0.1) is 0 Å². The highest BCUT2D eigenvalue weighted by atomic mass is 127. The maximum absolute atomic E-state index is 5.40. The summed E-state index contributed by atoms with van der Waals surface area (Å²) in [6.45, 7) is 3.72. The monoisotopic (exact) mass is 230 g/mol. The van der Waals surface area contributed by atoms with E-state index in [0.29, 0.717) is 0 Å². The summed E-state index contributed by atoms with van der Waals surface area (Å²) in [5.74, 6) is 0.752. The van der Waals surface area contributed by atoms with E-state index >= 15 is 0 Å². The molecule has 0 aromatic carbocycles. The van der Waals surface area contributed by atoms with Crippen LogP contribution >= 0.6 is 34.2 Å². The van der Waals surface area contributed by atoms with E-state index in [-0.39, 0.29) is 0 Å². The summed E-state index contributed by atoms with van der Waals surface area (Å²) in [5, 5.41) is 0. The molecule has 0 radical (unpaired) electrons. The standard InChI is InChI=1S/C5H8ClI/c1-5(7)3-2-4-6/h1-4H2. The molecule has 2 heteroatoms. The van der Waals surface area contributed by atoms with Crippen LogP contribution in [0.2, 0.25) is 0 Å². The predicted octanol–water partition coefficient (Wildman–Crippen LogP) is 2.95. The van der Waals surface area contributed by atoms with Crippen LogP contribution in [0.3, 0.4) is 0 Å². The molecule has 0 saturated heterocycles. The van der Waals surface area contributed by atoms with Crippen LogP contribution in [0.1, 0.15) is 12.8 Å². The lowest BCUT2D eigenvalue weighted by atomic mass is 10.3. The first kappa shape index (κ1) is 7.76. The Morgan fingerprint density at radius 2 is 2.29 bits per heavy atom. The molecule has 0 heterocycles. The zero-order valence-corrected chi connectivity index (χ0v) is 7.00. The van der Waals surface area contributed by atoms with E-state index in [2.05, 4.69) is 29.2 Å². The van der Waals surface area contributed by atoms with Gasteiger partial charge in [0.25, 0.3) is 0 Å². The first-order valence-electron chi connectivity index (χ1n) is 2.16. The van der Waals surface area contributed by atoms with Crippen LogP contribution in [0.5, 0.6) is 0 Å². The molecule has 0 aromatic rings. The van der Waals surface area contributed by atoms with E-state index in [4.69, 9.17) is 11.6 Å². The average molecular weight is 230 g/mol. The second-order valence-electron chi connectivity index (χ2n) is 1.31. The topological polar surface area (TPSA) is 0 Å². The van der Waals surface area contributed by atoms with Crippen molar-refractivity contribution in [2.75, 3.05) is 5.88 Å². The predicted molar refractivity (Wildman–Crippen MR) is 43.1 cm³/mol. The Kier molecular flexibility index (Phi) is 5.44. The van der Waals surface area contributed by atoms with Gasteiger partial charge in [-0.1, -0.05) is 6.58 Å². The van der Waals surface area contributed by atoms with Crippen molar-refractivity contribution in [3.63, 3.8) is 0 Å².